The highest BCUT2D eigenvalue weighted by molar-refractivity contribution is 8.15. The van der Waals surface area contributed by atoms with E-state index < -0.39 is 0 Å². The van der Waals surface area contributed by atoms with Gasteiger partial charge >= 0.3 is 0 Å². The number of rotatable bonds is 3. The van der Waals surface area contributed by atoms with E-state index in [2.05, 4.69) is 5.32 Å². The van der Waals surface area contributed by atoms with E-state index in [0.717, 1.165) is 24.8 Å². The van der Waals surface area contributed by atoms with E-state index in [1.54, 1.807) is 11.8 Å². The second kappa shape index (κ2) is 5.21. The zero-order valence-electron chi connectivity index (χ0n) is 10.6. The van der Waals surface area contributed by atoms with Gasteiger partial charge in [0.25, 0.3) is 5.91 Å². The molecule has 0 bridgehead atoms. The van der Waals surface area contributed by atoms with E-state index in [1.165, 1.54) is 5.57 Å². The molecule has 3 rings (SSSR count). The Bertz CT molecular complexity index is 551. The largest absolute Gasteiger partial charge is 0.348 e. The maximum absolute atomic E-state index is 12.2. The molecule has 1 amide bonds. The highest BCUT2D eigenvalue weighted by atomic mass is 32.2. The van der Waals surface area contributed by atoms with Crippen molar-refractivity contribution in [3.63, 3.8) is 0 Å². The zero-order chi connectivity index (χ0) is 13.2. The normalized spacial score (nSPS) is 21.7. The number of hydrogen-bond donors (Lipinski definition) is 2. The number of nitrogens with one attached hydrogen (secondary N) is 2. The fourth-order valence-electron chi connectivity index (χ4n) is 2.69. The van der Waals surface area contributed by atoms with Crippen LogP contribution in [0.15, 0.2) is 41.5 Å². The number of fused-ring (bicyclic) bond motifs is 1. The van der Waals surface area contributed by atoms with Crippen molar-refractivity contribution in [2.45, 2.75) is 31.1 Å². The van der Waals surface area contributed by atoms with Crippen LogP contribution in [-0.4, -0.2) is 16.2 Å². The van der Waals surface area contributed by atoms with Crippen LogP contribution in [0, 0.1) is 5.41 Å². The third kappa shape index (κ3) is 2.45. The summed E-state index contributed by atoms with van der Waals surface area (Å²) in [6, 6.07) is 9.87. The van der Waals surface area contributed by atoms with Gasteiger partial charge in [-0.3, -0.25) is 10.2 Å². The summed E-state index contributed by atoms with van der Waals surface area (Å²) in [5.41, 5.74) is 2.92. The summed E-state index contributed by atoms with van der Waals surface area (Å²) in [6.45, 7) is 0.527. The Balaban J connectivity index is 1.71. The molecule has 0 radical (unpaired) electrons. The van der Waals surface area contributed by atoms with Gasteiger partial charge in [0, 0.05) is 11.8 Å². The predicted octanol–water partition coefficient (Wildman–Crippen LogP) is 2.88. The second-order valence-electron chi connectivity index (χ2n) is 4.90. The maximum Gasteiger partial charge on any atom is 0.254 e. The fourth-order valence-corrected chi connectivity index (χ4v) is 3.98. The van der Waals surface area contributed by atoms with Gasteiger partial charge in [-0.15, -0.1) is 0 Å². The number of benzene rings is 1. The molecule has 1 saturated carbocycles. The van der Waals surface area contributed by atoms with Crippen LogP contribution in [-0.2, 0) is 11.3 Å². The first-order valence-corrected chi connectivity index (χ1v) is 7.44. The molecule has 1 unspecified atom stereocenters. The molecular formula is C15H16N2OS. The van der Waals surface area contributed by atoms with Crippen molar-refractivity contribution in [1.82, 2.24) is 5.32 Å². The third-order valence-corrected chi connectivity index (χ3v) is 4.88. The smallest absolute Gasteiger partial charge is 0.254 e. The molecule has 2 N–H and O–H groups in total. The number of hydrogen-bond acceptors (Lipinski definition) is 3. The Hall–Kier alpha value is -1.55. The molecule has 1 aliphatic carbocycles. The molecule has 0 saturated heterocycles. The van der Waals surface area contributed by atoms with Gasteiger partial charge in [-0.05, 0) is 30.4 Å². The first-order chi connectivity index (χ1) is 9.25. The van der Waals surface area contributed by atoms with Gasteiger partial charge in [0.1, 0.15) is 5.04 Å². The zero-order valence-corrected chi connectivity index (χ0v) is 11.4. The maximum atomic E-state index is 12.2. The lowest BCUT2D eigenvalue weighted by atomic mass is 10.1. The van der Waals surface area contributed by atoms with Crippen molar-refractivity contribution in [2.24, 2.45) is 0 Å². The van der Waals surface area contributed by atoms with Gasteiger partial charge in [-0.2, -0.15) is 0 Å². The van der Waals surface area contributed by atoms with Crippen LogP contribution in [0.2, 0.25) is 0 Å². The SMILES string of the molecule is N=C1SC2CCCC2=C1C(=O)NCc1ccccc1. The molecule has 1 atom stereocenters. The number of carbonyl (C=O) groups excluding carboxylic acids is 1. The minimum atomic E-state index is -0.0826. The average Bonchev–Trinajstić information content (AvgIpc) is 2.97. The lowest BCUT2D eigenvalue weighted by molar-refractivity contribution is -0.117. The molecule has 1 aromatic rings. The molecule has 0 aromatic heterocycles. The molecule has 98 valence electrons. The molecule has 1 heterocycles. The molecule has 0 spiro atoms. The van der Waals surface area contributed by atoms with E-state index in [1.807, 2.05) is 30.3 Å². The molecular weight excluding hydrogens is 256 g/mol. The lowest BCUT2D eigenvalue weighted by Crippen LogP contribution is -2.26. The first-order valence-electron chi connectivity index (χ1n) is 6.56. The summed E-state index contributed by atoms with van der Waals surface area (Å²) in [7, 11) is 0. The van der Waals surface area contributed by atoms with Gasteiger partial charge in [0.15, 0.2) is 0 Å². The fraction of sp³-hybridized carbons (Fsp3) is 0.333. The van der Waals surface area contributed by atoms with Crippen LogP contribution in [0.1, 0.15) is 24.8 Å². The van der Waals surface area contributed by atoms with E-state index in [9.17, 15) is 4.79 Å². The Morgan fingerprint density at radius 1 is 1.37 bits per heavy atom. The summed E-state index contributed by atoms with van der Waals surface area (Å²) in [5.74, 6) is -0.0826. The monoisotopic (exact) mass is 272 g/mol. The summed E-state index contributed by atoms with van der Waals surface area (Å²) < 4.78 is 0. The standard InChI is InChI=1S/C15H16N2OS/c16-14-13(11-7-4-8-12(11)19-14)15(18)17-9-10-5-2-1-3-6-10/h1-3,5-6,12,16H,4,7-9H2,(H,17,18). The second-order valence-corrected chi connectivity index (χ2v) is 6.11. The minimum Gasteiger partial charge on any atom is -0.348 e. The summed E-state index contributed by atoms with van der Waals surface area (Å²) in [4.78, 5) is 12.2. The quantitative estimate of drug-likeness (QED) is 0.889. The van der Waals surface area contributed by atoms with Crippen LogP contribution in [0.5, 0.6) is 0 Å². The summed E-state index contributed by atoms with van der Waals surface area (Å²) in [6.07, 6.45) is 3.24. The van der Waals surface area contributed by atoms with E-state index in [0.29, 0.717) is 22.4 Å². The molecule has 4 heteroatoms. The van der Waals surface area contributed by atoms with E-state index in [4.69, 9.17) is 5.41 Å². The molecule has 19 heavy (non-hydrogen) atoms. The van der Waals surface area contributed by atoms with E-state index in [-0.39, 0.29) is 5.91 Å². The number of amides is 1. The molecule has 1 fully saturated rings. The van der Waals surface area contributed by atoms with Crippen LogP contribution in [0.3, 0.4) is 0 Å². The van der Waals surface area contributed by atoms with Gasteiger partial charge in [0.2, 0.25) is 0 Å². The van der Waals surface area contributed by atoms with Crippen LogP contribution >= 0.6 is 11.8 Å². The average molecular weight is 272 g/mol. The Morgan fingerprint density at radius 3 is 2.95 bits per heavy atom. The topological polar surface area (TPSA) is 53.0 Å². The Labute approximate surface area is 117 Å². The van der Waals surface area contributed by atoms with Gasteiger partial charge in [0.05, 0.1) is 5.57 Å². The van der Waals surface area contributed by atoms with Crippen molar-refractivity contribution in [3.05, 3.63) is 47.0 Å². The van der Waals surface area contributed by atoms with Gasteiger partial charge in [-0.25, -0.2) is 0 Å². The summed E-state index contributed by atoms with van der Waals surface area (Å²) in [5, 5.41) is 11.7. The minimum absolute atomic E-state index is 0.0826. The Kier molecular flexibility index (Phi) is 3.42. The lowest BCUT2D eigenvalue weighted by Gasteiger charge is -2.07. The number of thioether (sulfide) groups is 1. The van der Waals surface area contributed by atoms with Crippen molar-refractivity contribution in [2.75, 3.05) is 0 Å². The van der Waals surface area contributed by atoms with Crippen LogP contribution in [0.25, 0.3) is 0 Å². The van der Waals surface area contributed by atoms with E-state index >= 15 is 0 Å². The van der Waals surface area contributed by atoms with Crippen molar-refractivity contribution in [3.8, 4) is 0 Å². The number of carbonyl (C=O) groups is 1. The van der Waals surface area contributed by atoms with Crippen molar-refractivity contribution < 1.29 is 4.79 Å². The highest BCUT2D eigenvalue weighted by Crippen LogP contribution is 2.44. The molecule has 1 aliphatic heterocycles. The third-order valence-electron chi connectivity index (χ3n) is 3.63. The van der Waals surface area contributed by atoms with Gasteiger partial charge < -0.3 is 5.32 Å². The predicted molar refractivity (Wildman–Crippen MR) is 78.3 cm³/mol. The van der Waals surface area contributed by atoms with Crippen molar-refractivity contribution >= 4 is 22.7 Å². The first kappa shape index (κ1) is 12.5. The molecule has 1 aromatic carbocycles. The van der Waals surface area contributed by atoms with Gasteiger partial charge in [-0.1, -0.05) is 42.1 Å². The molecule has 3 nitrogen and oxygen atoms in total. The Morgan fingerprint density at radius 2 is 2.16 bits per heavy atom. The molecule has 2 aliphatic rings. The van der Waals surface area contributed by atoms with Crippen LogP contribution < -0.4 is 5.32 Å². The highest BCUT2D eigenvalue weighted by Gasteiger charge is 2.36. The summed E-state index contributed by atoms with van der Waals surface area (Å²) >= 11 is 1.54. The van der Waals surface area contributed by atoms with Crippen molar-refractivity contribution in [1.29, 1.82) is 5.41 Å². The van der Waals surface area contributed by atoms with Crippen LogP contribution in [0.4, 0.5) is 0 Å².